The van der Waals surface area contributed by atoms with Gasteiger partial charge in [-0.1, -0.05) is 30.9 Å². The van der Waals surface area contributed by atoms with Crippen LogP contribution in [0.3, 0.4) is 0 Å². The molecule has 148 valence electrons. The Hall–Kier alpha value is -2.38. The molecule has 4 rings (SSSR count). The number of carbonyl (C=O) groups excluding carboxylic acids is 1. The average Bonchev–Trinajstić information content (AvgIpc) is 3.34. The highest BCUT2D eigenvalue weighted by Crippen LogP contribution is 2.33. The van der Waals surface area contributed by atoms with Crippen LogP contribution in [0, 0.1) is 6.92 Å². The molecule has 7 nitrogen and oxygen atoms in total. The van der Waals surface area contributed by atoms with E-state index < -0.39 is 6.23 Å². The van der Waals surface area contributed by atoms with Crippen LogP contribution in [0.15, 0.2) is 27.6 Å². The van der Waals surface area contributed by atoms with E-state index in [-0.39, 0.29) is 6.61 Å². The molecule has 1 aromatic carbocycles. The summed E-state index contributed by atoms with van der Waals surface area (Å²) in [5.74, 6) is 3.02. The van der Waals surface area contributed by atoms with Gasteiger partial charge in [0.05, 0.1) is 10.7 Å². The first-order valence-electron chi connectivity index (χ1n) is 9.47. The number of amidine groups is 1. The van der Waals surface area contributed by atoms with E-state index >= 15 is 0 Å². The molecule has 2 aliphatic rings. The van der Waals surface area contributed by atoms with Gasteiger partial charge in [-0.25, -0.2) is 20.3 Å². The van der Waals surface area contributed by atoms with Crippen molar-refractivity contribution in [2.24, 2.45) is 4.99 Å². The number of hydrogen-bond acceptors (Lipinski definition) is 7. The van der Waals surface area contributed by atoms with Crippen LogP contribution in [-0.2, 0) is 16.2 Å². The van der Waals surface area contributed by atoms with Crippen molar-refractivity contribution < 1.29 is 18.8 Å². The van der Waals surface area contributed by atoms with E-state index in [4.69, 9.17) is 25.6 Å². The lowest BCUT2D eigenvalue weighted by molar-refractivity contribution is -0.118. The Labute approximate surface area is 168 Å². The van der Waals surface area contributed by atoms with Crippen LogP contribution in [-0.4, -0.2) is 23.3 Å². The van der Waals surface area contributed by atoms with Gasteiger partial charge in [0.1, 0.15) is 12.4 Å². The summed E-state index contributed by atoms with van der Waals surface area (Å²) in [6.45, 7) is 2.23. The third kappa shape index (κ3) is 4.05. The van der Waals surface area contributed by atoms with E-state index in [9.17, 15) is 4.79 Å². The van der Waals surface area contributed by atoms with Crippen molar-refractivity contribution in [2.45, 2.75) is 57.8 Å². The van der Waals surface area contributed by atoms with Crippen molar-refractivity contribution in [3.05, 3.63) is 46.1 Å². The summed E-state index contributed by atoms with van der Waals surface area (Å²) in [5, 5.41) is 0.441. The zero-order chi connectivity index (χ0) is 19.5. The lowest BCUT2D eigenvalue weighted by atomic mass is 9.89. The second-order valence-corrected chi connectivity index (χ2v) is 7.46. The summed E-state index contributed by atoms with van der Waals surface area (Å²) in [5.41, 5.74) is 4.10. The van der Waals surface area contributed by atoms with Crippen LogP contribution in [0.5, 0.6) is 5.75 Å². The number of ether oxygens (including phenoxy) is 1. The number of nitrogens with one attached hydrogen (secondary N) is 1. The first kappa shape index (κ1) is 19.0. The predicted molar refractivity (Wildman–Crippen MR) is 103 cm³/mol. The number of nitrogens with zero attached hydrogens (tertiary/aromatic N) is 2. The van der Waals surface area contributed by atoms with Crippen molar-refractivity contribution in [3.63, 3.8) is 0 Å². The molecule has 0 radical (unpaired) electrons. The summed E-state index contributed by atoms with van der Waals surface area (Å²) in [6, 6.07) is 5.25. The van der Waals surface area contributed by atoms with Crippen LogP contribution in [0.4, 0.5) is 0 Å². The standard InChI is InChI=1S/C20H22ClN3O4/c1-12-17(27-20(22-12)13-5-3-2-4-6-13)11-26-14-7-8-15(16(21)9-14)19-23-18(10-25)28-24-19/h7-10,13,18H,2-6,11H2,1H3,(H,23,24). The number of aromatic nitrogens is 1. The number of benzene rings is 1. The smallest absolute Gasteiger partial charge is 0.232 e. The van der Waals surface area contributed by atoms with Gasteiger partial charge in [0.15, 0.2) is 23.8 Å². The SMILES string of the molecule is Cc1nc(C2CCCCC2)oc1COc1ccc(C2=NC(C=O)ON2)c(Cl)c1. The molecular weight excluding hydrogens is 382 g/mol. The lowest BCUT2D eigenvalue weighted by Gasteiger charge is -2.17. The van der Waals surface area contributed by atoms with Gasteiger partial charge < -0.3 is 9.15 Å². The van der Waals surface area contributed by atoms with E-state index in [1.54, 1.807) is 18.2 Å². The zero-order valence-corrected chi connectivity index (χ0v) is 16.4. The quantitative estimate of drug-likeness (QED) is 0.731. The lowest BCUT2D eigenvalue weighted by Crippen LogP contribution is -2.19. The number of carbonyl (C=O) groups is 1. The fourth-order valence-corrected chi connectivity index (χ4v) is 3.77. The number of rotatable bonds is 6. The highest BCUT2D eigenvalue weighted by Gasteiger charge is 2.23. The van der Waals surface area contributed by atoms with Gasteiger partial charge in [-0.3, -0.25) is 4.79 Å². The van der Waals surface area contributed by atoms with Crippen LogP contribution >= 0.6 is 11.6 Å². The minimum absolute atomic E-state index is 0.288. The molecule has 28 heavy (non-hydrogen) atoms. The molecule has 1 unspecified atom stereocenters. The fourth-order valence-electron chi connectivity index (χ4n) is 3.51. The molecule has 0 amide bonds. The Bertz CT molecular complexity index is 890. The summed E-state index contributed by atoms with van der Waals surface area (Å²) < 4.78 is 11.8. The van der Waals surface area contributed by atoms with Gasteiger partial charge in [-0.05, 0) is 38.0 Å². The Morgan fingerprint density at radius 3 is 2.86 bits per heavy atom. The normalized spacial score (nSPS) is 19.9. The average molecular weight is 404 g/mol. The molecule has 1 N–H and O–H groups in total. The molecule has 0 bridgehead atoms. The zero-order valence-electron chi connectivity index (χ0n) is 15.6. The first-order valence-corrected chi connectivity index (χ1v) is 9.85. The van der Waals surface area contributed by atoms with Gasteiger partial charge >= 0.3 is 0 Å². The number of aldehydes is 1. The maximum atomic E-state index is 10.7. The van der Waals surface area contributed by atoms with E-state index in [1.165, 1.54) is 19.3 Å². The molecule has 1 aliphatic carbocycles. The van der Waals surface area contributed by atoms with Crippen molar-refractivity contribution in [2.75, 3.05) is 0 Å². The van der Waals surface area contributed by atoms with Gasteiger partial charge in [0.2, 0.25) is 6.23 Å². The Morgan fingerprint density at radius 2 is 2.14 bits per heavy atom. The second kappa shape index (κ2) is 8.32. The summed E-state index contributed by atoms with van der Waals surface area (Å²) >= 11 is 6.34. The minimum atomic E-state index is -0.852. The van der Waals surface area contributed by atoms with Gasteiger partial charge in [0, 0.05) is 11.5 Å². The van der Waals surface area contributed by atoms with E-state index in [1.807, 2.05) is 6.92 Å². The Balaban J connectivity index is 1.42. The summed E-state index contributed by atoms with van der Waals surface area (Å²) in [7, 11) is 0. The van der Waals surface area contributed by atoms with Crippen molar-refractivity contribution in [1.82, 2.24) is 10.5 Å². The number of oxazole rings is 1. The topological polar surface area (TPSA) is 86.0 Å². The van der Waals surface area contributed by atoms with Crippen molar-refractivity contribution in [1.29, 1.82) is 0 Å². The van der Waals surface area contributed by atoms with Gasteiger partial charge in [0.25, 0.3) is 0 Å². The predicted octanol–water partition coefficient (Wildman–Crippen LogP) is 4.07. The molecule has 2 heterocycles. The molecule has 1 atom stereocenters. The maximum Gasteiger partial charge on any atom is 0.232 e. The Kier molecular flexibility index (Phi) is 5.64. The molecule has 0 saturated heterocycles. The second-order valence-electron chi connectivity index (χ2n) is 7.05. The minimum Gasteiger partial charge on any atom is -0.486 e. The first-order chi connectivity index (χ1) is 13.6. The number of hydrogen-bond donors (Lipinski definition) is 1. The number of hydroxylamine groups is 1. The van der Waals surface area contributed by atoms with E-state index in [2.05, 4.69) is 15.5 Å². The van der Waals surface area contributed by atoms with Crippen LogP contribution in [0.1, 0.15) is 60.9 Å². The van der Waals surface area contributed by atoms with E-state index in [0.717, 1.165) is 30.2 Å². The number of aliphatic imine (C=N–C) groups is 1. The molecule has 0 spiro atoms. The highest BCUT2D eigenvalue weighted by molar-refractivity contribution is 6.34. The molecular formula is C20H22ClN3O4. The summed E-state index contributed by atoms with van der Waals surface area (Å²) in [6.07, 6.45) is 5.81. The van der Waals surface area contributed by atoms with Crippen LogP contribution < -0.4 is 10.2 Å². The summed E-state index contributed by atoms with van der Waals surface area (Å²) in [4.78, 5) is 24.4. The fraction of sp³-hybridized carbons (Fsp3) is 0.450. The molecule has 1 aromatic heterocycles. The highest BCUT2D eigenvalue weighted by atomic mass is 35.5. The molecule has 8 heteroatoms. The van der Waals surface area contributed by atoms with Crippen molar-refractivity contribution >= 4 is 23.7 Å². The van der Waals surface area contributed by atoms with Gasteiger partial charge in [-0.2, -0.15) is 0 Å². The maximum absolute atomic E-state index is 10.7. The molecule has 1 aliphatic heterocycles. The monoisotopic (exact) mass is 403 g/mol. The Morgan fingerprint density at radius 1 is 1.32 bits per heavy atom. The third-order valence-corrected chi connectivity index (χ3v) is 5.39. The van der Waals surface area contributed by atoms with E-state index in [0.29, 0.717) is 34.4 Å². The molecule has 1 fully saturated rings. The van der Waals surface area contributed by atoms with Crippen LogP contribution in [0.25, 0.3) is 0 Å². The third-order valence-electron chi connectivity index (χ3n) is 5.08. The number of halogens is 1. The largest absolute Gasteiger partial charge is 0.486 e. The van der Waals surface area contributed by atoms with Gasteiger partial charge in [-0.15, -0.1) is 0 Å². The van der Waals surface area contributed by atoms with Crippen LogP contribution in [0.2, 0.25) is 5.02 Å². The molecule has 2 aromatic rings. The molecule has 1 saturated carbocycles. The number of aryl methyl sites for hydroxylation is 1. The van der Waals surface area contributed by atoms with Crippen molar-refractivity contribution in [3.8, 4) is 5.75 Å².